The topological polar surface area (TPSA) is 85.7 Å². The summed E-state index contributed by atoms with van der Waals surface area (Å²) >= 11 is 0. The third-order valence-corrected chi connectivity index (χ3v) is 4.58. The van der Waals surface area contributed by atoms with Crippen LogP contribution in [0.4, 0.5) is 0 Å². The zero-order valence-corrected chi connectivity index (χ0v) is 13.6. The number of aliphatic imine (C=N–C) groups is 1. The number of allylic oxidation sites excluding steroid dienone is 4. The minimum absolute atomic E-state index is 0.169. The summed E-state index contributed by atoms with van der Waals surface area (Å²) in [6.45, 7) is 2.04. The molecule has 5 heteroatoms. The number of nitriles is 2. The Morgan fingerprint density at radius 2 is 1.92 bits per heavy atom. The summed E-state index contributed by atoms with van der Waals surface area (Å²) in [5.74, 6) is 0.169. The molecule has 0 saturated heterocycles. The molecule has 2 aliphatic rings. The van der Waals surface area contributed by atoms with Gasteiger partial charge in [-0.25, -0.2) is 9.97 Å². The van der Waals surface area contributed by atoms with Crippen LogP contribution in [0.3, 0.4) is 0 Å². The maximum absolute atomic E-state index is 9.12. The second kappa shape index (κ2) is 5.81. The molecule has 118 valence electrons. The van der Waals surface area contributed by atoms with Crippen LogP contribution in [0.2, 0.25) is 0 Å². The number of nitrogens with zero attached hydrogens (tertiary/aromatic N) is 5. The molecule has 25 heavy (non-hydrogen) atoms. The number of aromatic nitrogens is 2. The highest BCUT2D eigenvalue weighted by Gasteiger charge is 2.28. The lowest BCUT2D eigenvalue weighted by Gasteiger charge is -2.17. The van der Waals surface area contributed by atoms with E-state index in [-0.39, 0.29) is 5.92 Å². The van der Waals surface area contributed by atoms with Crippen LogP contribution in [0, 0.1) is 28.7 Å². The third kappa shape index (κ3) is 2.34. The first-order valence-electron chi connectivity index (χ1n) is 7.98. The largest absolute Gasteiger partial charge is 0.250 e. The Bertz CT molecular complexity index is 1060. The van der Waals surface area contributed by atoms with Gasteiger partial charge in [0.05, 0.1) is 23.7 Å². The van der Waals surface area contributed by atoms with E-state index < -0.39 is 0 Å². The van der Waals surface area contributed by atoms with Gasteiger partial charge in [0.2, 0.25) is 6.19 Å². The van der Waals surface area contributed by atoms with Gasteiger partial charge in [-0.2, -0.15) is 15.5 Å². The molecule has 0 amide bonds. The van der Waals surface area contributed by atoms with E-state index in [0.29, 0.717) is 11.4 Å². The number of benzene rings is 1. The van der Waals surface area contributed by atoms with Crippen molar-refractivity contribution in [3.05, 3.63) is 65.1 Å². The van der Waals surface area contributed by atoms with Gasteiger partial charge in [0, 0.05) is 16.7 Å². The number of hydrogen-bond acceptors (Lipinski definition) is 5. The van der Waals surface area contributed by atoms with Crippen LogP contribution in [0.5, 0.6) is 0 Å². The molecule has 1 aromatic carbocycles. The van der Waals surface area contributed by atoms with E-state index in [4.69, 9.17) is 15.5 Å². The Labute approximate surface area is 145 Å². The molecule has 0 spiro atoms. The SMILES string of the molecule is CC1CC(c2cnc3c(n2)-c2ccccc2C3=NC#N)=CC=C1C#N. The van der Waals surface area contributed by atoms with Crippen LogP contribution < -0.4 is 0 Å². The molecule has 0 radical (unpaired) electrons. The Morgan fingerprint density at radius 3 is 2.64 bits per heavy atom. The van der Waals surface area contributed by atoms with Crippen LogP contribution in [0.1, 0.15) is 30.3 Å². The average Bonchev–Trinajstić information content (AvgIpc) is 2.96. The zero-order chi connectivity index (χ0) is 17.4. The fourth-order valence-electron chi connectivity index (χ4n) is 3.29. The number of fused-ring (bicyclic) bond motifs is 3. The summed E-state index contributed by atoms with van der Waals surface area (Å²) in [4.78, 5) is 13.3. The predicted molar refractivity (Wildman–Crippen MR) is 94.2 cm³/mol. The van der Waals surface area contributed by atoms with Gasteiger partial charge in [0.15, 0.2) is 0 Å². The highest BCUT2D eigenvalue weighted by atomic mass is 14.9. The average molecular weight is 323 g/mol. The maximum atomic E-state index is 9.12. The Morgan fingerprint density at radius 1 is 1.12 bits per heavy atom. The van der Waals surface area contributed by atoms with Crippen molar-refractivity contribution < 1.29 is 0 Å². The normalized spacial score (nSPS) is 19.3. The van der Waals surface area contributed by atoms with E-state index in [0.717, 1.165) is 40.1 Å². The van der Waals surface area contributed by atoms with Gasteiger partial charge in [-0.05, 0) is 24.0 Å². The third-order valence-electron chi connectivity index (χ3n) is 4.58. The second-order valence-electron chi connectivity index (χ2n) is 6.09. The molecule has 1 heterocycles. The smallest absolute Gasteiger partial charge is 0.206 e. The van der Waals surface area contributed by atoms with Gasteiger partial charge in [0.1, 0.15) is 11.4 Å². The van der Waals surface area contributed by atoms with Gasteiger partial charge in [-0.1, -0.05) is 37.3 Å². The molecule has 0 N–H and O–H groups in total. The fourth-order valence-corrected chi connectivity index (χ4v) is 3.29. The van der Waals surface area contributed by atoms with Crippen LogP contribution in [-0.2, 0) is 0 Å². The van der Waals surface area contributed by atoms with E-state index in [9.17, 15) is 0 Å². The molecule has 1 atom stereocenters. The van der Waals surface area contributed by atoms with Crippen LogP contribution in [0.25, 0.3) is 16.8 Å². The molecule has 0 saturated carbocycles. The summed E-state index contributed by atoms with van der Waals surface area (Å²) in [5, 5.41) is 18.1. The summed E-state index contributed by atoms with van der Waals surface area (Å²) in [7, 11) is 0. The van der Waals surface area contributed by atoms with Crippen molar-refractivity contribution in [2.45, 2.75) is 13.3 Å². The van der Waals surface area contributed by atoms with E-state index >= 15 is 0 Å². The molecule has 2 aliphatic carbocycles. The first-order valence-corrected chi connectivity index (χ1v) is 7.98. The molecule has 0 aliphatic heterocycles. The Hall–Kier alpha value is -3.57. The highest BCUT2D eigenvalue weighted by molar-refractivity contribution is 6.23. The van der Waals surface area contributed by atoms with E-state index in [2.05, 4.69) is 16.0 Å². The van der Waals surface area contributed by atoms with E-state index in [1.165, 1.54) is 0 Å². The summed E-state index contributed by atoms with van der Waals surface area (Å²) < 4.78 is 0. The van der Waals surface area contributed by atoms with Gasteiger partial charge < -0.3 is 0 Å². The lowest BCUT2D eigenvalue weighted by Crippen LogP contribution is -2.07. The minimum atomic E-state index is 0.169. The minimum Gasteiger partial charge on any atom is -0.250 e. The molecule has 0 bridgehead atoms. The second-order valence-corrected chi connectivity index (χ2v) is 6.09. The van der Waals surface area contributed by atoms with Crippen molar-refractivity contribution >= 4 is 11.3 Å². The molecule has 2 aromatic rings. The van der Waals surface area contributed by atoms with Crippen LogP contribution in [-0.4, -0.2) is 15.7 Å². The van der Waals surface area contributed by atoms with E-state index in [1.807, 2.05) is 49.5 Å². The number of rotatable bonds is 1. The molecule has 1 aromatic heterocycles. The Balaban J connectivity index is 1.85. The molecule has 4 rings (SSSR count). The first kappa shape index (κ1) is 15.0. The van der Waals surface area contributed by atoms with Crippen molar-refractivity contribution in [2.24, 2.45) is 10.9 Å². The zero-order valence-electron chi connectivity index (χ0n) is 13.6. The molecule has 0 fully saturated rings. The molecular weight excluding hydrogens is 310 g/mol. The lowest BCUT2D eigenvalue weighted by atomic mass is 9.88. The summed E-state index contributed by atoms with van der Waals surface area (Å²) in [5.41, 5.74) is 6.44. The molecule has 5 nitrogen and oxygen atoms in total. The molecular formula is C20H13N5. The first-order chi connectivity index (χ1) is 12.2. The lowest BCUT2D eigenvalue weighted by molar-refractivity contribution is 0.716. The van der Waals surface area contributed by atoms with Gasteiger partial charge >= 0.3 is 0 Å². The van der Waals surface area contributed by atoms with Crippen molar-refractivity contribution in [1.29, 1.82) is 10.5 Å². The summed E-state index contributed by atoms with van der Waals surface area (Å²) in [6, 6.07) is 9.99. The fraction of sp³-hybridized carbons (Fsp3) is 0.150. The number of hydrogen-bond donors (Lipinski definition) is 0. The highest BCUT2D eigenvalue weighted by Crippen LogP contribution is 2.36. The van der Waals surface area contributed by atoms with Crippen molar-refractivity contribution in [1.82, 2.24) is 9.97 Å². The summed E-state index contributed by atoms with van der Waals surface area (Å²) in [6.07, 6.45) is 8.14. The van der Waals surface area contributed by atoms with Crippen LogP contribution >= 0.6 is 0 Å². The van der Waals surface area contributed by atoms with Crippen LogP contribution in [0.15, 0.2) is 53.2 Å². The standard InChI is InChI=1S/C20H13N5/c1-12-8-13(6-7-14(12)9-21)17-10-23-20-18(24-11-22)15-4-2-3-5-16(15)19(20)25-17/h2-7,10,12H,8H2,1H3. The predicted octanol–water partition coefficient (Wildman–Crippen LogP) is 3.65. The maximum Gasteiger partial charge on any atom is 0.206 e. The van der Waals surface area contributed by atoms with Crippen molar-refractivity contribution in [2.75, 3.05) is 0 Å². The Kier molecular flexibility index (Phi) is 3.48. The monoisotopic (exact) mass is 323 g/mol. The van der Waals surface area contributed by atoms with Gasteiger partial charge in [-0.3, -0.25) is 0 Å². The van der Waals surface area contributed by atoms with Crippen molar-refractivity contribution in [3.63, 3.8) is 0 Å². The van der Waals surface area contributed by atoms with E-state index in [1.54, 1.807) is 6.20 Å². The van der Waals surface area contributed by atoms with Gasteiger partial charge in [0.25, 0.3) is 0 Å². The van der Waals surface area contributed by atoms with Gasteiger partial charge in [-0.15, -0.1) is 0 Å². The quantitative estimate of drug-likeness (QED) is 0.640. The molecule has 1 unspecified atom stereocenters. The van der Waals surface area contributed by atoms with Crippen molar-refractivity contribution in [3.8, 4) is 23.5 Å².